The lowest BCUT2D eigenvalue weighted by Crippen LogP contribution is -1.90. The number of phenols is 2. The SMILES string of the molecule is Oc1cccc(Oc2ccc(Cc3ccc(Oc4cccc(O)c4)cc3)cc2)c1. The lowest BCUT2D eigenvalue weighted by atomic mass is 10.0. The number of hydrogen-bond donors (Lipinski definition) is 2. The summed E-state index contributed by atoms with van der Waals surface area (Å²) >= 11 is 0. The number of aromatic hydroxyl groups is 2. The summed E-state index contributed by atoms with van der Waals surface area (Å²) in [6.07, 6.45) is 0.790. The lowest BCUT2D eigenvalue weighted by molar-refractivity contribution is 0.454. The molecule has 2 N–H and O–H groups in total. The predicted octanol–water partition coefficient (Wildman–Crippen LogP) is 6.27. The van der Waals surface area contributed by atoms with Gasteiger partial charge in [0, 0.05) is 12.1 Å². The number of phenolic OH excluding ortho intramolecular Hbond substituents is 2. The second-order valence-corrected chi connectivity index (χ2v) is 6.66. The molecule has 0 aliphatic rings. The molecule has 0 bridgehead atoms. The molecular weight excluding hydrogens is 364 g/mol. The summed E-state index contributed by atoms with van der Waals surface area (Å²) in [6, 6.07) is 29.2. The van der Waals surface area contributed by atoms with Crippen LogP contribution in [-0.4, -0.2) is 10.2 Å². The molecule has 29 heavy (non-hydrogen) atoms. The van der Waals surface area contributed by atoms with Gasteiger partial charge in [0.25, 0.3) is 0 Å². The zero-order valence-corrected chi connectivity index (χ0v) is 15.7. The van der Waals surface area contributed by atoms with Crippen LogP contribution < -0.4 is 9.47 Å². The van der Waals surface area contributed by atoms with Crippen molar-refractivity contribution in [3.63, 3.8) is 0 Å². The van der Waals surface area contributed by atoms with Gasteiger partial charge in [-0.25, -0.2) is 0 Å². The highest BCUT2D eigenvalue weighted by Crippen LogP contribution is 2.27. The van der Waals surface area contributed by atoms with E-state index in [0.717, 1.165) is 17.5 Å². The van der Waals surface area contributed by atoms with Gasteiger partial charge < -0.3 is 19.7 Å². The highest BCUT2D eigenvalue weighted by atomic mass is 16.5. The van der Waals surface area contributed by atoms with Gasteiger partial charge in [0.15, 0.2) is 0 Å². The highest BCUT2D eigenvalue weighted by Gasteiger charge is 2.02. The maximum absolute atomic E-state index is 9.51. The van der Waals surface area contributed by atoms with E-state index in [0.29, 0.717) is 23.0 Å². The van der Waals surface area contributed by atoms with Crippen molar-refractivity contribution >= 4 is 0 Å². The van der Waals surface area contributed by atoms with Crippen LogP contribution in [0.4, 0.5) is 0 Å². The molecular formula is C25H20O4. The largest absolute Gasteiger partial charge is 0.508 e. The van der Waals surface area contributed by atoms with E-state index in [-0.39, 0.29) is 11.5 Å². The fourth-order valence-electron chi connectivity index (χ4n) is 2.95. The van der Waals surface area contributed by atoms with Crippen LogP contribution in [0.3, 0.4) is 0 Å². The minimum atomic E-state index is 0.176. The topological polar surface area (TPSA) is 58.9 Å². The smallest absolute Gasteiger partial charge is 0.131 e. The summed E-state index contributed by atoms with van der Waals surface area (Å²) in [6.45, 7) is 0. The van der Waals surface area contributed by atoms with Crippen LogP contribution in [0.15, 0.2) is 97.1 Å². The molecule has 4 aromatic carbocycles. The average molecular weight is 384 g/mol. The Labute approximate surface area is 169 Å². The summed E-state index contributed by atoms with van der Waals surface area (Å²) in [5.41, 5.74) is 2.32. The second-order valence-electron chi connectivity index (χ2n) is 6.66. The van der Waals surface area contributed by atoms with Gasteiger partial charge in [-0.3, -0.25) is 0 Å². The minimum Gasteiger partial charge on any atom is -0.508 e. The maximum atomic E-state index is 9.51. The third kappa shape index (κ3) is 5.08. The Morgan fingerprint density at radius 3 is 1.28 bits per heavy atom. The first kappa shape index (κ1) is 18.4. The van der Waals surface area contributed by atoms with E-state index >= 15 is 0 Å². The molecule has 0 unspecified atom stereocenters. The molecule has 0 spiro atoms. The van der Waals surface area contributed by atoms with E-state index < -0.39 is 0 Å². The summed E-state index contributed by atoms with van der Waals surface area (Å²) in [7, 11) is 0. The predicted molar refractivity (Wildman–Crippen MR) is 112 cm³/mol. The number of rotatable bonds is 6. The molecule has 0 fully saturated rings. The van der Waals surface area contributed by atoms with Crippen LogP contribution in [0, 0.1) is 0 Å². The molecule has 0 aromatic heterocycles. The lowest BCUT2D eigenvalue weighted by Gasteiger charge is -2.09. The van der Waals surface area contributed by atoms with Crippen LogP contribution in [-0.2, 0) is 6.42 Å². The Hall–Kier alpha value is -3.92. The molecule has 4 rings (SSSR count). The maximum Gasteiger partial charge on any atom is 0.131 e. The Balaban J connectivity index is 1.37. The van der Waals surface area contributed by atoms with E-state index in [4.69, 9.17) is 9.47 Å². The van der Waals surface area contributed by atoms with Crippen molar-refractivity contribution in [3.8, 4) is 34.5 Å². The summed E-state index contributed by atoms with van der Waals surface area (Å²) in [4.78, 5) is 0. The summed E-state index contributed by atoms with van der Waals surface area (Å²) in [5, 5.41) is 19.0. The molecule has 144 valence electrons. The number of benzene rings is 4. The van der Waals surface area contributed by atoms with Crippen molar-refractivity contribution in [2.75, 3.05) is 0 Å². The van der Waals surface area contributed by atoms with Crippen molar-refractivity contribution in [1.82, 2.24) is 0 Å². The van der Waals surface area contributed by atoms with Crippen LogP contribution in [0.1, 0.15) is 11.1 Å². The minimum absolute atomic E-state index is 0.176. The fourth-order valence-corrected chi connectivity index (χ4v) is 2.95. The molecule has 0 radical (unpaired) electrons. The molecule has 0 atom stereocenters. The van der Waals surface area contributed by atoms with Gasteiger partial charge in [-0.2, -0.15) is 0 Å². The molecule has 0 saturated heterocycles. The van der Waals surface area contributed by atoms with Crippen LogP contribution in [0.2, 0.25) is 0 Å². The van der Waals surface area contributed by atoms with E-state index in [1.807, 2.05) is 48.5 Å². The van der Waals surface area contributed by atoms with Gasteiger partial charge in [-0.05, 0) is 66.1 Å². The van der Waals surface area contributed by atoms with Crippen LogP contribution in [0.25, 0.3) is 0 Å². The van der Waals surface area contributed by atoms with Crippen molar-refractivity contribution in [3.05, 3.63) is 108 Å². The third-order valence-corrected chi connectivity index (χ3v) is 4.36. The molecule has 4 aromatic rings. The standard InChI is InChI=1S/C25H20O4/c26-20-3-1-5-24(16-20)28-22-11-7-18(8-12-22)15-19-9-13-23(14-10-19)29-25-6-2-4-21(27)17-25/h1-14,16-17,26-27H,15H2. The van der Waals surface area contributed by atoms with Crippen molar-refractivity contribution < 1.29 is 19.7 Å². The van der Waals surface area contributed by atoms with Crippen LogP contribution >= 0.6 is 0 Å². The first-order chi connectivity index (χ1) is 14.1. The molecule has 4 heteroatoms. The Kier molecular flexibility index (Phi) is 5.34. The zero-order valence-electron chi connectivity index (χ0n) is 15.7. The third-order valence-electron chi connectivity index (χ3n) is 4.36. The van der Waals surface area contributed by atoms with Gasteiger partial charge in [0.1, 0.15) is 34.5 Å². The van der Waals surface area contributed by atoms with Gasteiger partial charge in [0.05, 0.1) is 0 Å². The summed E-state index contributed by atoms with van der Waals surface area (Å²) < 4.78 is 11.5. The Morgan fingerprint density at radius 1 is 0.483 bits per heavy atom. The van der Waals surface area contributed by atoms with Gasteiger partial charge >= 0.3 is 0 Å². The molecule has 0 heterocycles. The summed E-state index contributed by atoms with van der Waals surface area (Å²) in [5.74, 6) is 2.98. The van der Waals surface area contributed by atoms with Crippen molar-refractivity contribution in [2.24, 2.45) is 0 Å². The normalized spacial score (nSPS) is 10.5. The van der Waals surface area contributed by atoms with Crippen LogP contribution in [0.5, 0.6) is 34.5 Å². The van der Waals surface area contributed by atoms with Gasteiger partial charge in [-0.1, -0.05) is 36.4 Å². The van der Waals surface area contributed by atoms with Crippen molar-refractivity contribution in [2.45, 2.75) is 6.42 Å². The van der Waals surface area contributed by atoms with E-state index in [1.54, 1.807) is 48.5 Å². The first-order valence-electron chi connectivity index (χ1n) is 9.26. The second kappa shape index (κ2) is 8.40. The average Bonchev–Trinajstić information content (AvgIpc) is 2.71. The number of ether oxygens (including phenoxy) is 2. The number of hydrogen-bond acceptors (Lipinski definition) is 4. The monoisotopic (exact) mass is 384 g/mol. The highest BCUT2D eigenvalue weighted by molar-refractivity contribution is 5.40. The van der Waals surface area contributed by atoms with E-state index in [2.05, 4.69) is 0 Å². The Morgan fingerprint density at radius 2 is 0.897 bits per heavy atom. The molecule has 0 aliphatic carbocycles. The zero-order chi connectivity index (χ0) is 20.1. The molecule has 4 nitrogen and oxygen atoms in total. The quantitative estimate of drug-likeness (QED) is 0.411. The van der Waals surface area contributed by atoms with Crippen molar-refractivity contribution in [1.29, 1.82) is 0 Å². The van der Waals surface area contributed by atoms with E-state index in [1.165, 1.54) is 0 Å². The first-order valence-corrected chi connectivity index (χ1v) is 9.26. The fraction of sp³-hybridized carbons (Fsp3) is 0.0400. The van der Waals surface area contributed by atoms with Gasteiger partial charge in [0.2, 0.25) is 0 Å². The Bertz CT molecular complexity index is 997. The molecule has 0 aliphatic heterocycles. The molecule has 0 saturated carbocycles. The molecule has 0 amide bonds. The van der Waals surface area contributed by atoms with Gasteiger partial charge in [-0.15, -0.1) is 0 Å². The van der Waals surface area contributed by atoms with E-state index in [9.17, 15) is 10.2 Å².